The summed E-state index contributed by atoms with van der Waals surface area (Å²) in [6.07, 6.45) is 6.68. The molecule has 1 rings (SSSR count). The molecule has 0 bridgehead atoms. The Morgan fingerprint density at radius 1 is 0.826 bits per heavy atom. The van der Waals surface area contributed by atoms with Crippen molar-refractivity contribution in [1.82, 2.24) is 0 Å². The van der Waals surface area contributed by atoms with Gasteiger partial charge in [0.2, 0.25) is 0 Å². The maximum absolute atomic E-state index is 13.7. The van der Waals surface area contributed by atoms with Gasteiger partial charge < -0.3 is 0 Å². The van der Waals surface area contributed by atoms with E-state index in [0.29, 0.717) is 5.92 Å². The third-order valence-electron chi connectivity index (χ3n) is 3.69. The van der Waals surface area contributed by atoms with Crippen molar-refractivity contribution in [3.05, 3.63) is 35.1 Å². The molecule has 0 heterocycles. The summed E-state index contributed by atoms with van der Waals surface area (Å²) in [6, 6.07) is 5.67. The zero-order valence-corrected chi connectivity index (χ0v) is 17.4. The lowest BCUT2D eigenvalue weighted by molar-refractivity contribution is 0.476. The largest absolute Gasteiger partial charge is 0.207 e. The molecule has 0 nitrogen and oxygen atoms in total. The minimum Gasteiger partial charge on any atom is -0.207 e. The summed E-state index contributed by atoms with van der Waals surface area (Å²) in [4.78, 5) is 0. The molecule has 0 aliphatic carbocycles. The number of hydrogen-bond acceptors (Lipinski definition) is 0. The van der Waals surface area contributed by atoms with Crippen molar-refractivity contribution in [3.63, 3.8) is 0 Å². The fourth-order valence-electron chi connectivity index (χ4n) is 1.86. The molecule has 0 saturated heterocycles. The van der Waals surface area contributed by atoms with Crippen molar-refractivity contribution in [3.8, 4) is 0 Å². The van der Waals surface area contributed by atoms with Crippen LogP contribution >= 0.6 is 0 Å². The molecule has 0 N–H and O–H groups in total. The number of aryl methyl sites for hydroxylation is 1. The van der Waals surface area contributed by atoms with Crippen molar-refractivity contribution >= 4 is 0 Å². The molecule has 0 aromatic heterocycles. The molecule has 0 spiro atoms. The number of benzene rings is 1. The summed E-state index contributed by atoms with van der Waals surface area (Å²) in [5.41, 5.74) is 1.96. The molecule has 0 fully saturated rings. The van der Waals surface area contributed by atoms with Crippen LogP contribution in [0, 0.1) is 11.7 Å². The van der Waals surface area contributed by atoms with Crippen LogP contribution in [0.5, 0.6) is 0 Å². The summed E-state index contributed by atoms with van der Waals surface area (Å²) in [6.45, 7) is 18.8. The molecule has 0 atom stereocenters. The third-order valence-corrected chi connectivity index (χ3v) is 3.69. The highest BCUT2D eigenvalue weighted by atomic mass is 19.1. The molecule has 1 aromatic carbocycles. The van der Waals surface area contributed by atoms with Crippen LogP contribution in [-0.4, -0.2) is 0 Å². The van der Waals surface area contributed by atoms with E-state index in [4.69, 9.17) is 0 Å². The van der Waals surface area contributed by atoms with E-state index >= 15 is 0 Å². The van der Waals surface area contributed by atoms with Gasteiger partial charge in [0.05, 0.1) is 0 Å². The first kappa shape index (κ1) is 27.0. The first-order valence-corrected chi connectivity index (χ1v) is 9.89. The highest BCUT2D eigenvalue weighted by Gasteiger charge is 2.09. The first-order chi connectivity index (χ1) is 11.1. The van der Waals surface area contributed by atoms with Crippen LogP contribution in [-0.2, 0) is 12.8 Å². The highest BCUT2D eigenvalue weighted by molar-refractivity contribution is 5.24. The lowest BCUT2D eigenvalue weighted by atomic mass is 9.93. The number of hydrogen-bond donors (Lipinski definition) is 0. The number of halogens is 1. The Labute approximate surface area is 146 Å². The fraction of sp³-hybridized carbons (Fsp3) is 0.727. The lowest BCUT2D eigenvalue weighted by Crippen LogP contribution is -2.04. The van der Waals surface area contributed by atoms with Crippen LogP contribution in [0.3, 0.4) is 0 Å². The van der Waals surface area contributed by atoms with E-state index in [-0.39, 0.29) is 5.82 Å². The summed E-state index contributed by atoms with van der Waals surface area (Å²) in [5, 5.41) is 0. The molecular formula is C22H43F. The molecular weight excluding hydrogens is 283 g/mol. The molecule has 0 radical (unpaired) electrons. The second-order valence-electron chi connectivity index (χ2n) is 5.17. The van der Waals surface area contributed by atoms with Gasteiger partial charge in [-0.05, 0) is 36.0 Å². The average molecular weight is 327 g/mol. The van der Waals surface area contributed by atoms with E-state index in [2.05, 4.69) is 34.6 Å². The van der Waals surface area contributed by atoms with Gasteiger partial charge in [-0.3, -0.25) is 0 Å². The zero-order valence-electron chi connectivity index (χ0n) is 17.4. The van der Waals surface area contributed by atoms with E-state index < -0.39 is 0 Å². The highest BCUT2D eigenvalue weighted by Crippen LogP contribution is 2.19. The standard InChI is InChI=1S/C14H21F.C4H10.2C2H6/c1-4-11(5-2)9-13-8-7-12(6-3)10-14(13)15;1-3-4-2;2*1-2/h7-8,10-11H,4-6,9H2,1-3H3;3-4H2,1-2H3;2*1-2H3. The normalized spacial score (nSPS) is 9.00. The Morgan fingerprint density at radius 3 is 1.61 bits per heavy atom. The first-order valence-electron chi connectivity index (χ1n) is 9.89. The summed E-state index contributed by atoms with van der Waals surface area (Å²) in [5.74, 6) is 0.591. The quantitative estimate of drug-likeness (QED) is 0.494. The minimum atomic E-state index is -0.0266. The predicted octanol–water partition coefficient (Wildman–Crippen LogP) is 8.23. The summed E-state index contributed by atoms with van der Waals surface area (Å²) in [7, 11) is 0. The Balaban J connectivity index is -0.000000426. The average Bonchev–Trinajstić information content (AvgIpc) is 2.64. The van der Waals surface area contributed by atoms with Gasteiger partial charge in [-0.15, -0.1) is 0 Å². The van der Waals surface area contributed by atoms with Crippen LogP contribution in [0.25, 0.3) is 0 Å². The Morgan fingerprint density at radius 2 is 1.30 bits per heavy atom. The van der Waals surface area contributed by atoms with Crippen molar-refractivity contribution in [1.29, 1.82) is 0 Å². The van der Waals surface area contributed by atoms with Crippen LogP contribution in [0.1, 0.15) is 99.1 Å². The fourth-order valence-corrected chi connectivity index (χ4v) is 1.86. The predicted molar refractivity (Wildman–Crippen MR) is 107 cm³/mol. The van der Waals surface area contributed by atoms with Gasteiger partial charge in [0, 0.05) is 0 Å². The van der Waals surface area contributed by atoms with Crippen LogP contribution < -0.4 is 0 Å². The van der Waals surface area contributed by atoms with Gasteiger partial charge in [-0.25, -0.2) is 4.39 Å². The van der Waals surface area contributed by atoms with E-state index in [1.807, 2.05) is 39.8 Å². The summed E-state index contributed by atoms with van der Waals surface area (Å²) >= 11 is 0. The van der Waals surface area contributed by atoms with Crippen molar-refractivity contribution < 1.29 is 4.39 Å². The number of rotatable bonds is 6. The smallest absolute Gasteiger partial charge is 0.126 e. The van der Waals surface area contributed by atoms with Crippen LogP contribution in [0.15, 0.2) is 18.2 Å². The molecule has 0 unspecified atom stereocenters. The molecule has 0 aliphatic heterocycles. The van der Waals surface area contributed by atoms with Crippen molar-refractivity contribution in [2.75, 3.05) is 0 Å². The van der Waals surface area contributed by atoms with E-state index in [1.165, 1.54) is 12.8 Å². The molecule has 0 aliphatic rings. The maximum atomic E-state index is 13.7. The van der Waals surface area contributed by atoms with E-state index in [0.717, 1.165) is 36.8 Å². The number of unbranched alkanes of at least 4 members (excludes halogenated alkanes) is 1. The Bertz CT molecular complexity index is 325. The second kappa shape index (κ2) is 21.1. The molecule has 1 heteroatoms. The monoisotopic (exact) mass is 326 g/mol. The van der Waals surface area contributed by atoms with Gasteiger partial charge in [-0.1, -0.05) is 100 Å². The molecule has 23 heavy (non-hydrogen) atoms. The van der Waals surface area contributed by atoms with E-state index in [9.17, 15) is 4.39 Å². The van der Waals surface area contributed by atoms with Gasteiger partial charge in [-0.2, -0.15) is 0 Å². The van der Waals surface area contributed by atoms with Crippen molar-refractivity contribution in [2.45, 2.75) is 101 Å². The molecule has 1 aromatic rings. The maximum Gasteiger partial charge on any atom is 0.126 e. The van der Waals surface area contributed by atoms with Gasteiger partial charge >= 0.3 is 0 Å². The van der Waals surface area contributed by atoms with Gasteiger partial charge in [0.1, 0.15) is 5.82 Å². The molecule has 138 valence electrons. The van der Waals surface area contributed by atoms with Crippen LogP contribution in [0.2, 0.25) is 0 Å². The lowest BCUT2D eigenvalue weighted by Gasteiger charge is -2.13. The minimum absolute atomic E-state index is 0.0266. The third kappa shape index (κ3) is 14.5. The Kier molecular flexibility index (Phi) is 24.8. The topological polar surface area (TPSA) is 0 Å². The van der Waals surface area contributed by atoms with Crippen molar-refractivity contribution in [2.24, 2.45) is 5.92 Å². The molecule has 0 amide bonds. The summed E-state index contributed by atoms with van der Waals surface area (Å²) < 4.78 is 13.7. The zero-order chi connectivity index (χ0) is 18.7. The molecule has 0 saturated carbocycles. The van der Waals surface area contributed by atoms with Gasteiger partial charge in [0.15, 0.2) is 0 Å². The van der Waals surface area contributed by atoms with E-state index in [1.54, 1.807) is 6.07 Å². The SMILES string of the molecule is CC.CC.CCCC.CCc1ccc(CC(CC)CC)c(F)c1. The van der Waals surface area contributed by atoms with Gasteiger partial charge in [0.25, 0.3) is 0 Å². The van der Waals surface area contributed by atoms with Crippen LogP contribution in [0.4, 0.5) is 4.39 Å². The Hall–Kier alpha value is -0.850. The second-order valence-corrected chi connectivity index (χ2v) is 5.17.